The third-order valence-electron chi connectivity index (χ3n) is 6.80. The molecule has 6 nitrogen and oxygen atoms in total. The van der Waals surface area contributed by atoms with E-state index in [9.17, 15) is 0 Å². The summed E-state index contributed by atoms with van der Waals surface area (Å²) in [5.74, 6) is 1.69. The molecule has 0 atom stereocenters. The normalized spacial score (nSPS) is 20.1. The van der Waals surface area contributed by atoms with Crippen LogP contribution in [-0.2, 0) is 11.3 Å². The first-order chi connectivity index (χ1) is 15.5. The molecule has 0 spiro atoms. The van der Waals surface area contributed by atoms with Crippen LogP contribution < -0.4 is 10.6 Å². The van der Waals surface area contributed by atoms with Crippen molar-refractivity contribution in [2.75, 3.05) is 52.9 Å². The molecule has 0 saturated carbocycles. The van der Waals surface area contributed by atoms with Gasteiger partial charge in [-0.2, -0.15) is 0 Å². The molecular weight excluding hydrogens is 398 g/mol. The fourth-order valence-corrected chi connectivity index (χ4v) is 4.65. The van der Waals surface area contributed by atoms with Gasteiger partial charge < -0.3 is 20.3 Å². The average Bonchev–Trinajstić information content (AvgIpc) is 2.80. The minimum Gasteiger partial charge on any atom is -0.377 e. The molecule has 6 heteroatoms. The lowest BCUT2D eigenvalue weighted by Crippen LogP contribution is -2.50. The molecule has 2 fully saturated rings. The van der Waals surface area contributed by atoms with Crippen LogP contribution in [0.25, 0.3) is 0 Å². The van der Waals surface area contributed by atoms with Crippen molar-refractivity contribution < 1.29 is 4.74 Å². The van der Waals surface area contributed by atoms with E-state index in [1.165, 1.54) is 49.9 Å². The molecule has 1 aromatic carbocycles. The third-order valence-corrected chi connectivity index (χ3v) is 6.80. The fraction of sp³-hybridized carbons (Fsp3) is 0.731. The van der Waals surface area contributed by atoms with E-state index in [4.69, 9.17) is 4.74 Å². The first kappa shape index (κ1) is 25.0. The Balaban J connectivity index is 1.29. The maximum atomic E-state index is 5.69. The minimum absolute atomic E-state index is 0.323. The van der Waals surface area contributed by atoms with Crippen LogP contribution in [0.15, 0.2) is 29.3 Å². The van der Waals surface area contributed by atoms with Crippen molar-refractivity contribution in [2.45, 2.75) is 65.1 Å². The molecule has 0 unspecified atom stereocenters. The number of nitrogens with one attached hydrogen (secondary N) is 2. The Kier molecular flexibility index (Phi) is 10.3. The summed E-state index contributed by atoms with van der Waals surface area (Å²) < 4.78 is 5.69. The SMILES string of the molecule is CN=C(NCC1CCN(Cc2ccc(C)cc2)CC1)NC1CCN(CCOC(C)C)CC1. The van der Waals surface area contributed by atoms with Gasteiger partial charge in [-0.1, -0.05) is 29.8 Å². The van der Waals surface area contributed by atoms with Crippen LogP contribution in [0.2, 0.25) is 0 Å². The number of hydrogen-bond donors (Lipinski definition) is 2. The van der Waals surface area contributed by atoms with E-state index in [1.807, 2.05) is 7.05 Å². The van der Waals surface area contributed by atoms with Gasteiger partial charge in [0.05, 0.1) is 12.7 Å². The number of nitrogens with zero attached hydrogens (tertiary/aromatic N) is 3. The molecule has 0 amide bonds. The predicted octanol–water partition coefficient (Wildman–Crippen LogP) is 3.26. The van der Waals surface area contributed by atoms with Gasteiger partial charge >= 0.3 is 0 Å². The number of ether oxygens (including phenoxy) is 1. The lowest BCUT2D eigenvalue weighted by atomic mass is 9.96. The highest BCUT2D eigenvalue weighted by molar-refractivity contribution is 5.79. The Hall–Kier alpha value is -1.63. The maximum absolute atomic E-state index is 5.69. The topological polar surface area (TPSA) is 52.1 Å². The lowest BCUT2D eigenvalue weighted by Gasteiger charge is -2.34. The van der Waals surface area contributed by atoms with Gasteiger partial charge in [0.2, 0.25) is 0 Å². The zero-order chi connectivity index (χ0) is 22.8. The van der Waals surface area contributed by atoms with Crippen LogP contribution >= 0.6 is 0 Å². The number of piperidine rings is 2. The van der Waals surface area contributed by atoms with E-state index >= 15 is 0 Å². The largest absolute Gasteiger partial charge is 0.377 e. The van der Waals surface area contributed by atoms with Gasteiger partial charge in [-0.3, -0.25) is 9.89 Å². The molecular formula is C26H45N5O. The summed E-state index contributed by atoms with van der Waals surface area (Å²) in [5, 5.41) is 7.26. The molecule has 0 radical (unpaired) electrons. The number of aryl methyl sites for hydroxylation is 1. The first-order valence-electron chi connectivity index (χ1n) is 12.6. The van der Waals surface area contributed by atoms with E-state index in [2.05, 4.69) is 70.5 Å². The maximum Gasteiger partial charge on any atom is 0.191 e. The zero-order valence-electron chi connectivity index (χ0n) is 20.8. The molecule has 0 bridgehead atoms. The quantitative estimate of drug-likeness (QED) is 0.453. The van der Waals surface area contributed by atoms with Crippen molar-refractivity contribution in [1.29, 1.82) is 0 Å². The van der Waals surface area contributed by atoms with Gasteiger partial charge in [0, 0.05) is 45.8 Å². The number of guanidine groups is 1. The lowest BCUT2D eigenvalue weighted by molar-refractivity contribution is 0.0532. The molecule has 2 aliphatic rings. The van der Waals surface area contributed by atoms with Crippen molar-refractivity contribution in [1.82, 2.24) is 20.4 Å². The summed E-state index contributed by atoms with van der Waals surface area (Å²) in [6, 6.07) is 9.48. The third kappa shape index (κ3) is 8.72. The van der Waals surface area contributed by atoms with Gasteiger partial charge in [0.25, 0.3) is 0 Å². The average molecular weight is 444 g/mol. The van der Waals surface area contributed by atoms with Gasteiger partial charge in [-0.25, -0.2) is 0 Å². The summed E-state index contributed by atoms with van der Waals surface area (Å²) in [5.41, 5.74) is 2.76. The summed E-state index contributed by atoms with van der Waals surface area (Å²) in [6.45, 7) is 15.0. The Morgan fingerprint density at radius 2 is 1.69 bits per heavy atom. The minimum atomic E-state index is 0.323. The second-order valence-electron chi connectivity index (χ2n) is 9.84. The van der Waals surface area contributed by atoms with Gasteiger partial charge in [-0.15, -0.1) is 0 Å². The summed E-state index contributed by atoms with van der Waals surface area (Å²) in [4.78, 5) is 9.59. The predicted molar refractivity (Wildman–Crippen MR) is 134 cm³/mol. The molecule has 2 heterocycles. The van der Waals surface area contributed by atoms with Crippen LogP contribution in [0.5, 0.6) is 0 Å². The van der Waals surface area contributed by atoms with Crippen LogP contribution in [0.3, 0.4) is 0 Å². The Morgan fingerprint density at radius 1 is 1.03 bits per heavy atom. The van der Waals surface area contributed by atoms with Crippen LogP contribution in [0.4, 0.5) is 0 Å². The van der Waals surface area contributed by atoms with Crippen molar-refractivity contribution >= 4 is 5.96 Å². The summed E-state index contributed by atoms with van der Waals surface area (Å²) >= 11 is 0. The van der Waals surface area contributed by atoms with E-state index in [1.54, 1.807) is 0 Å². The van der Waals surface area contributed by atoms with Crippen LogP contribution in [0, 0.1) is 12.8 Å². The Labute approximate surface area is 195 Å². The second-order valence-corrected chi connectivity index (χ2v) is 9.84. The fourth-order valence-electron chi connectivity index (χ4n) is 4.65. The molecule has 2 N–H and O–H groups in total. The molecule has 2 aliphatic heterocycles. The second kappa shape index (κ2) is 13.2. The van der Waals surface area contributed by atoms with Gasteiger partial charge in [-0.05, 0) is 71.0 Å². The van der Waals surface area contributed by atoms with Crippen LogP contribution in [0.1, 0.15) is 50.7 Å². The number of rotatable bonds is 9. The monoisotopic (exact) mass is 443 g/mol. The standard InChI is InChI=1S/C26H45N5O/c1-21(2)32-18-17-30-15-11-25(12-16-30)29-26(27-4)28-19-23-9-13-31(14-10-23)20-24-7-5-22(3)6-8-24/h5-8,21,23,25H,9-20H2,1-4H3,(H2,27,28,29). The van der Waals surface area contributed by atoms with Crippen molar-refractivity contribution in [3.8, 4) is 0 Å². The molecule has 0 aromatic heterocycles. The Bertz CT molecular complexity index is 674. The van der Waals surface area contributed by atoms with Crippen molar-refractivity contribution in [3.63, 3.8) is 0 Å². The van der Waals surface area contributed by atoms with Crippen molar-refractivity contribution in [3.05, 3.63) is 35.4 Å². The first-order valence-corrected chi connectivity index (χ1v) is 12.6. The molecule has 180 valence electrons. The number of benzene rings is 1. The van der Waals surface area contributed by atoms with E-state index in [-0.39, 0.29) is 0 Å². The van der Waals surface area contributed by atoms with Gasteiger partial charge in [0.1, 0.15) is 0 Å². The summed E-state index contributed by atoms with van der Waals surface area (Å²) in [6.07, 6.45) is 5.17. The summed E-state index contributed by atoms with van der Waals surface area (Å²) in [7, 11) is 1.89. The van der Waals surface area contributed by atoms with E-state index < -0.39 is 0 Å². The number of hydrogen-bond acceptors (Lipinski definition) is 4. The van der Waals surface area contributed by atoms with Crippen molar-refractivity contribution in [2.24, 2.45) is 10.9 Å². The molecule has 32 heavy (non-hydrogen) atoms. The smallest absolute Gasteiger partial charge is 0.191 e. The van der Waals surface area contributed by atoms with E-state index in [0.717, 1.165) is 51.2 Å². The number of likely N-dealkylation sites (tertiary alicyclic amines) is 2. The van der Waals surface area contributed by atoms with Crippen LogP contribution in [-0.4, -0.2) is 80.8 Å². The molecule has 1 aromatic rings. The molecule has 2 saturated heterocycles. The highest BCUT2D eigenvalue weighted by Crippen LogP contribution is 2.19. The molecule has 0 aliphatic carbocycles. The highest BCUT2D eigenvalue weighted by Gasteiger charge is 2.22. The zero-order valence-corrected chi connectivity index (χ0v) is 20.8. The molecule has 3 rings (SSSR count). The van der Waals surface area contributed by atoms with E-state index in [0.29, 0.717) is 12.1 Å². The highest BCUT2D eigenvalue weighted by atomic mass is 16.5. The Morgan fingerprint density at radius 3 is 2.31 bits per heavy atom. The number of aliphatic imine (C=N–C) groups is 1. The van der Waals surface area contributed by atoms with Gasteiger partial charge in [0.15, 0.2) is 5.96 Å².